The van der Waals surface area contributed by atoms with Crippen molar-refractivity contribution in [2.75, 3.05) is 5.73 Å². The van der Waals surface area contributed by atoms with E-state index in [9.17, 15) is 0 Å². The first-order valence-electron chi connectivity index (χ1n) is 4.01. The lowest BCUT2D eigenvalue weighted by Gasteiger charge is -2.00. The van der Waals surface area contributed by atoms with Crippen LogP contribution in [-0.4, -0.2) is 15.0 Å². The van der Waals surface area contributed by atoms with E-state index in [0.717, 1.165) is 5.03 Å². The van der Waals surface area contributed by atoms with Crippen LogP contribution >= 0.6 is 11.8 Å². The molecule has 2 aromatic heterocycles. The number of nitrogens with two attached hydrogens (primary N) is 1. The fourth-order valence-corrected chi connectivity index (χ4v) is 1.61. The maximum Gasteiger partial charge on any atom is 0.193 e. The molecule has 5 heteroatoms. The summed E-state index contributed by atoms with van der Waals surface area (Å²) < 4.78 is 0. The molecule has 0 aliphatic rings. The standard InChI is InChI=1S/C9H8N4S/c10-7-3-1-4-11-8(7)14-9-12-5-2-6-13-9/h1-6H,10H2. The molecule has 2 aromatic rings. The first-order chi connectivity index (χ1) is 6.86. The van der Waals surface area contributed by atoms with Crippen molar-refractivity contribution in [2.24, 2.45) is 0 Å². The summed E-state index contributed by atoms with van der Waals surface area (Å²) in [7, 11) is 0. The second-order valence-corrected chi connectivity index (χ2v) is 3.49. The highest BCUT2D eigenvalue weighted by Crippen LogP contribution is 2.26. The fourth-order valence-electron chi connectivity index (χ4n) is 0.913. The minimum Gasteiger partial charge on any atom is -0.397 e. The van der Waals surface area contributed by atoms with E-state index >= 15 is 0 Å². The van der Waals surface area contributed by atoms with Crippen LogP contribution in [0.1, 0.15) is 0 Å². The highest BCUT2D eigenvalue weighted by atomic mass is 32.2. The fraction of sp³-hybridized carbons (Fsp3) is 0. The van der Waals surface area contributed by atoms with Crippen LogP contribution in [0.5, 0.6) is 0 Å². The summed E-state index contributed by atoms with van der Waals surface area (Å²) in [5.41, 5.74) is 6.37. The van der Waals surface area contributed by atoms with Crippen molar-refractivity contribution in [1.82, 2.24) is 15.0 Å². The number of aromatic nitrogens is 3. The third-order valence-corrected chi connectivity index (χ3v) is 2.46. The average Bonchev–Trinajstić information content (AvgIpc) is 2.23. The number of hydrogen-bond acceptors (Lipinski definition) is 5. The molecule has 0 radical (unpaired) electrons. The molecule has 2 heterocycles. The number of rotatable bonds is 2. The van der Waals surface area contributed by atoms with Crippen LogP contribution in [0.25, 0.3) is 0 Å². The molecule has 0 saturated carbocycles. The SMILES string of the molecule is Nc1cccnc1Sc1ncccn1. The van der Waals surface area contributed by atoms with Gasteiger partial charge in [0.05, 0.1) is 5.69 Å². The molecule has 2 rings (SSSR count). The van der Waals surface area contributed by atoms with Crippen LogP contribution in [0.2, 0.25) is 0 Å². The van der Waals surface area contributed by atoms with E-state index in [1.165, 1.54) is 11.8 Å². The highest BCUT2D eigenvalue weighted by molar-refractivity contribution is 7.99. The number of pyridine rings is 1. The van der Waals surface area contributed by atoms with Gasteiger partial charge in [0.2, 0.25) is 0 Å². The van der Waals surface area contributed by atoms with Crippen LogP contribution in [0.4, 0.5) is 5.69 Å². The minimum absolute atomic E-state index is 0.643. The van der Waals surface area contributed by atoms with Crippen molar-refractivity contribution < 1.29 is 0 Å². The van der Waals surface area contributed by atoms with Crippen LogP contribution in [-0.2, 0) is 0 Å². The summed E-state index contributed by atoms with van der Waals surface area (Å²) in [6.45, 7) is 0. The summed E-state index contributed by atoms with van der Waals surface area (Å²) in [5, 5.41) is 1.39. The number of anilines is 1. The monoisotopic (exact) mass is 204 g/mol. The zero-order chi connectivity index (χ0) is 9.80. The van der Waals surface area contributed by atoms with Crippen molar-refractivity contribution in [3.8, 4) is 0 Å². The van der Waals surface area contributed by atoms with E-state index in [-0.39, 0.29) is 0 Å². The molecule has 0 fully saturated rings. The summed E-state index contributed by atoms with van der Waals surface area (Å²) in [6.07, 6.45) is 5.07. The topological polar surface area (TPSA) is 64.7 Å². The Balaban J connectivity index is 2.24. The molecular formula is C9H8N4S. The molecule has 0 bridgehead atoms. The third kappa shape index (κ3) is 2.00. The van der Waals surface area contributed by atoms with Gasteiger partial charge < -0.3 is 5.73 Å². The van der Waals surface area contributed by atoms with Crippen LogP contribution < -0.4 is 5.73 Å². The lowest BCUT2D eigenvalue weighted by Crippen LogP contribution is -1.92. The van der Waals surface area contributed by atoms with Gasteiger partial charge in [-0.15, -0.1) is 0 Å². The minimum atomic E-state index is 0.643. The Hall–Kier alpha value is -1.62. The smallest absolute Gasteiger partial charge is 0.193 e. The number of nitrogens with zero attached hydrogens (tertiary/aromatic N) is 3. The molecule has 0 unspecified atom stereocenters. The highest BCUT2D eigenvalue weighted by Gasteiger charge is 2.03. The largest absolute Gasteiger partial charge is 0.397 e. The van der Waals surface area contributed by atoms with Gasteiger partial charge in [0.25, 0.3) is 0 Å². The van der Waals surface area contributed by atoms with Gasteiger partial charge in [0.15, 0.2) is 5.16 Å². The molecule has 0 atom stereocenters. The normalized spacial score (nSPS) is 10.0. The van der Waals surface area contributed by atoms with Gasteiger partial charge in [-0.05, 0) is 30.0 Å². The van der Waals surface area contributed by atoms with E-state index in [2.05, 4.69) is 15.0 Å². The first kappa shape index (κ1) is 8.96. The van der Waals surface area contributed by atoms with Crippen molar-refractivity contribution in [1.29, 1.82) is 0 Å². The lowest BCUT2D eigenvalue weighted by atomic mass is 10.4. The molecule has 0 amide bonds. The average molecular weight is 204 g/mol. The molecule has 70 valence electrons. The predicted molar refractivity (Wildman–Crippen MR) is 54.8 cm³/mol. The molecule has 0 saturated heterocycles. The van der Waals surface area contributed by atoms with E-state index in [1.54, 1.807) is 36.8 Å². The quantitative estimate of drug-likeness (QED) is 0.753. The van der Waals surface area contributed by atoms with E-state index in [1.807, 2.05) is 0 Å². The Kier molecular flexibility index (Phi) is 2.60. The zero-order valence-corrected chi connectivity index (χ0v) is 8.11. The van der Waals surface area contributed by atoms with Crippen LogP contribution in [0, 0.1) is 0 Å². The van der Waals surface area contributed by atoms with Gasteiger partial charge in [-0.25, -0.2) is 15.0 Å². The van der Waals surface area contributed by atoms with Gasteiger partial charge in [0.1, 0.15) is 5.03 Å². The number of nitrogen functional groups attached to an aromatic ring is 1. The number of hydrogen-bond donors (Lipinski definition) is 1. The van der Waals surface area contributed by atoms with Crippen molar-refractivity contribution in [2.45, 2.75) is 10.2 Å². The van der Waals surface area contributed by atoms with Crippen molar-refractivity contribution >= 4 is 17.4 Å². The van der Waals surface area contributed by atoms with Crippen LogP contribution in [0.3, 0.4) is 0 Å². The Morgan fingerprint density at radius 3 is 2.43 bits per heavy atom. The van der Waals surface area contributed by atoms with Crippen molar-refractivity contribution in [3.63, 3.8) is 0 Å². The molecule has 14 heavy (non-hydrogen) atoms. The van der Waals surface area contributed by atoms with E-state index < -0.39 is 0 Å². The van der Waals surface area contributed by atoms with Gasteiger partial charge in [0, 0.05) is 18.6 Å². The second-order valence-electron chi connectivity index (χ2n) is 2.53. The Labute approximate surface area is 85.6 Å². The summed E-state index contributed by atoms with van der Waals surface area (Å²) in [5.74, 6) is 0. The summed E-state index contributed by atoms with van der Waals surface area (Å²) >= 11 is 1.36. The molecule has 0 aliphatic heterocycles. The predicted octanol–water partition coefficient (Wildman–Crippen LogP) is 1.60. The molecule has 0 spiro atoms. The maximum absolute atomic E-state index is 5.73. The van der Waals surface area contributed by atoms with E-state index in [0.29, 0.717) is 10.8 Å². The second kappa shape index (κ2) is 4.06. The molecule has 0 aromatic carbocycles. The van der Waals surface area contributed by atoms with Crippen LogP contribution in [0.15, 0.2) is 47.0 Å². The first-order valence-corrected chi connectivity index (χ1v) is 4.83. The van der Waals surface area contributed by atoms with Crippen molar-refractivity contribution in [3.05, 3.63) is 36.8 Å². The summed E-state index contributed by atoms with van der Waals surface area (Å²) in [6, 6.07) is 5.37. The maximum atomic E-state index is 5.73. The molecular weight excluding hydrogens is 196 g/mol. The lowest BCUT2D eigenvalue weighted by molar-refractivity contribution is 0.961. The Bertz CT molecular complexity index is 418. The Morgan fingerprint density at radius 2 is 1.71 bits per heavy atom. The van der Waals surface area contributed by atoms with Gasteiger partial charge >= 0.3 is 0 Å². The summed E-state index contributed by atoms with van der Waals surface area (Å²) in [4.78, 5) is 12.3. The third-order valence-electron chi connectivity index (χ3n) is 1.53. The van der Waals surface area contributed by atoms with Gasteiger partial charge in [-0.1, -0.05) is 0 Å². The van der Waals surface area contributed by atoms with Gasteiger partial charge in [-0.3, -0.25) is 0 Å². The Morgan fingerprint density at radius 1 is 1.00 bits per heavy atom. The molecule has 4 nitrogen and oxygen atoms in total. The molecule has 2 N–H and O–H groups in total. The molecule has 0 aliphatic carbocycles. The van der Waals surface area contributed by atoms with Gasteiger partial charge in [-0.2, -0.15) is 0 Å². The zero-order valence-electron chi connectivity index (χ0n) is 7.29. The van der Waals surface area contributed by atoms with E-state index in [4.69, 9.17) is 5.73 Å².